The smallest absolute Gasteiger partial charge is 0.339 e. The number of Topliss-reactive ketones (excluding diaryl/α,β-unsaturated/α-hetero) is 1. The summed E-state index contributed by atoms with van der Waals surface area (Å²) in [5.41, 5.74) is 0.880. The van der Waals surface area contributed by atoms with Gasteiger partial charge >= 0.3 is 5.92 Å². The van der Waals surface area contributed by atoms with Crippen LogP contribution in [0.25, 0.3) is 0 Å². The lowest BCUT2D eigenvalue weighted by Gasteiger charge is -2.28. The predicted octanol–water partition coefficient (Wildman–Crippen LogP) is 3.64. The summed E-state index contributed by atoms with van der Waals surface area (Å²) < 4.78 is 31.7. The number of rotatable bonds is 5. The summed E-state index contributed by atoms with van der Waals surface area (Å²) in [7, 11) is 1.98. The van der Waals surface area contributed by atoms with E-state index < -0.39 is 24.2 Å². The molecule has 0 aromatic carbocycles. The van der Waals surface area contributed by atoms with E-state index in [1.807, 2.05) is 18.8 Å². The van der Waals surface area contributed by atoms with Crippen LogP contribution in [0.15, 0.2) is 36.3 Å². The Labute approximate surface area is 140 Å². The van der Waals surface area contributed by atoms with Gasteiger partial charge in [-0.2, -0.15) is 20.5 Å². The fraction of sp³-hybridized carbons (Fsp3) is 0.588. The second-order valence-electron chi connectivity index (χ2n) is 5.96. The molecule has 0 aromatic heterocycles. The number of halogens is 2. The van der Waals surface area contributed by atoms with Gasteiger partial charge in [-0.1, -0.05) is 6.58 Å². The van der Waals surface area contributed by atoms with Crippen LogP contribution < -0.4 is 0 Å². The zero-order valence-electron chi connectivity index (χ0n) is 13.6. The molecule has 2 rings (SSSR count). The van der Waals surface area contributed by atoms with Crippen LogP contribution in [0.4, 0.5) is 8.78 Å². The van der Waals surface area contributed by atoms with E-state index in [-0.39, 0.29) is 5.76 Å². The maximum absolute atomic E-state index is 13.3. The van der Waals surface area contributed by atoms with Gasteiger partial charge < -0.3 is 9.64 Å². The number of allylic oxidation sites excluding steroid dienone is 4. The summed E-state index contributed by atoms with van der Waals surface area (Å²) >= 11 is 1.97. The van der Waals surface area contributed by atoms with Crippen molar-refractivity contribution in [1.82, 2.24) is 4.90 Å². The van der Waals surface area contributed by atoms with Gasteiger partial charge in [0.05, 0.1) is 5.92 Å². The molecule has 0 radical (unpaired) electrons. The highest BCUT2D eigenvalue weighted by atomic mass is 32.2. The zero-order chi connectivity index (χ0) is 17.0. The molecule has 6 heteroatoms. The second kappa shape index (κ2) is 7.51. The van der Waals surface area contributed by atoms with Crippen molar-refractivity contribution in [2.24, 2.45) is 5.92 Å². The van der Waals surface area contributed by atoms with E-state index in [9.17, 15) is 13.6 Å². The fourth-order valence-electron chi connectivity index (χ4n) is 2.73. The monoisotopic (exact) mass is 343 g/mol. The minimum Gasteiger partial charge on any atom is -0.490 e. The van der Waals surface area contributed by atoms with Crippen LogP contribution in [0.2, 0.25) is 0 Å². The third-order valence-electron chi connectivity index (χ3n) is 4.17. The van der Waals surface area contributed by atoms with Crippen LogP contribution in [0.3, 0.4) is 0 Å². The van der Waals surface area contributed by atoms with Gasteiger partial charge in [0.2, 0.25) is 5.78 Å². The Bertz CT molecular complexity index is 525. The number of carbonyl (C=O) groups is 1. The summed E-state index contributed by atoms with van der Waals surface area (Å²) in [6.45, 7) is 5.28. The molecule has 2 aliphatic heterocycles. The molecule has 0 spiro atoms. The van der Waals surface area contributed by atoms with Gasteiger partial charge in [-0.3, -0.25) is 4.79 Å². The first kappa shape index (κ1) is 18.0. The van der Waals surface area contributed by atoms with E-state index in [0.717, 1.165) is 12.2 Å². The molecule has 23 heavy (non-hydrogen) atoms. The Morgan fingerprint density at radius 3 is 2.91 bits per heavy atom. The molecule has 0 N–H and O–H groups in total. The molecule has 0 aromatic rings. The topological polar surface area (TPSA) is 29.5 Å². The third-order valence-corrected chi connectivity index (χ3v) is 5.55. The highest BCUT2D eigenvalue weighted by Crippen LogP contribution is 2.31. The highest BCUT2D eigenvalue weighted by molar-refractivity contribution is 8.00. The molecule has 2 unspecified atom stereocenters. The van der Waals surface area contributed by atoms with Crippen LogP contribution >= 0.6 is 11.8 Å². The van der Waals surface area contributed by atoms with Gasteiger partial charge in [-0.05, 0) is 43.7 Å². The Balaban J connectivity index is 2.05. The fourth-order valence-corrected chi connectivity index (χ4v) is 4.06. The molecule has 128 valence electrons. The number of hydrogen-bond donors (Lipinski definition) is 0. The van der Waals surface area contributed by atoms with E-state index in [4.69, 9.17) is 4.74 Å². The molecule has 0 bridgehead atoms. The van der Waals surface area contributed by atoms with Crippen LogP contribution in [0.1, 0.15) is 19.8 Å². The summed E-state index contributed by atoms with van der Waals surface area (Å²) in [6.07, 6.45) is 7.56. The van der Waals surface area contributed by atoms with Gasteiger partial charge in [0.25, 0.3) is 0 Å². The van der Waals surface area contributed by atoms with Crippen molar-refractivity contribution in [2.75, 3.05) is 26.0 Å². The summed E-state index contributed by atoms with van der Waals surface area (Å²) in [4.78, 5) is 13.7. The highest BCUT2D eigenvalue weighted by Gasteiger charge is 2.47. The quantitative estimate of drug-likeness (QED) is 0.713. The first-order valence-corrected chi connectivity index (χ1v) is 8.82. The maximum atomic E-state index is 13.3. The van der Waals surface area contributed by atoms with Crippen molar-refractivity contribution in [3.8, 4) is 0 Å². The molecule has 0 amide bonds. The molecule has 2 saturated heterocycles. The molecule has 2 aliphatic rings. The third kappa shape index (κ3) is 4.37. The van der Waals surface area contributed by atoms with Crippen molar-refractivity contribution in [1.29, 1.82) is 0 Å². The second-order valence-corrected chi connectivity index (χ2v) is 7.37. The van der Waals surface area contributed by atoms with Crippen molar-refractivity contribution in [2.45, 2.75) is 30.9 Å². The number of ketones is 1. The number of ether oxygens (including phenoxy) is 1. The molecule has 3 nitrogen and oxygen atoms in total. The number of nitrogens with zero attached hydrogens (tertiary/aromatic N) is 1. The standard InChI is InChI=1S/C17H23F2NO2S/c1-4-13(20(3)10-14-6-5-9-23-14)7-8-15-12(2)16(21)17(18,19)11-22-15/h4,7-8,12,14H,1,5-6,9-11H2,2-3H3/b13-7+,15-8+. The minimum atomic E-state index is -3.39. The van der Waals surface area contributed by atoms with Crippen molar-refractivity contribution in [3.63, 3.8) is 0 Å². The van der Waals surface area contributed by atoms with Crippen LogP contribution in [0, 0.1) is 5.92 Å². The summed E-state index contributed by atoms with van der Waals surface area (Å²) in [5.74, 6) is -3.92. The number of alkyl halides is 2. The van der Waals surface area contributed by atoms with Crippen LogP contribution in [-0.2, 0) is 9.53 Å². The number of hydrogen-bond acceptors (Lipinski definition) is 4. The van der Waals surface area contributed by atoms with E-state index in [0.29, 0.717) is 5.25 Å². The lowest BCUT2D eigenvalue weighted by Crippen LogP contribution is -2.43. The van der Waals surface area contributed by atoms with E-state index >= 15 is 0 Å². The SMILES string of the molecule is C=C/C(=C\C=C1\OCC(F)(F)C(=O)C1C)N(C)CC1CCCS1. The lowest BCUT2D eigenvalue weighted by atomic mass is 9.96. The molecule has 0 aliphatic carbocycles. The van der Waals surface area contributed by atoms with Gasteiger partial charge in [-0.15, -0.1) is 0 Å². The van der Waals surface area contributed by atoms with Crippen molar-refractivity contribution in [3.05, 3.63) is 36.3 Å². The van der Waals surface area contributed by atoms with Gasteiger partial charge in [0.15, 0.2) is 6.61 Å². The molecule has 0 saturated carbocycles. The Hall–Kier alpha value is -1.30. The number of carbonyl (C=O) groups excluding carboxylic acids is 1. The Morgan fingerprint density at radius 1 is 1.57 bits per heavy atom. The summed E-state index contributed by atoms with van der Waals surface area (Å²) in [6, 6.07) is 0. The number of thioether (sulfide) groups is 1. The van der Waals surface area contributed by atoms with E-state index in [1.54, 1.807) is 18.2 Å². The first-order chi connectivity index (χ1) is 10.8. The molecule has 2 heterocycles. The molecular formula is C17H23F2NO2S. The Kier molecular flexibility index (Phi) is 5.89. The largest absolute Gasteiger partial charge is 0.490 e. The van der Waals surface area contributed by atoms with Crippen LogP contribution in [-0.4, -0.2) is 47.8 Å². The van der Waals surface area contributed by atoms with Crippen molar-refractivity contribution >= 4 is 17.5 Å². The normalized spacial score (nSPS) is 29.5. The van der Waals surface area contributed by atoms with Crippen molar-refractivity contribution < 1.29 is 18.3 Å². The average Bonchev–Trinajstić information content (AvgIpc) is 3.00. The molecule has 2 fully saturated rings. The molecule has 2 atom stereocenters. The predicted molar refractivity (Wildman–Crippen MR) is 89.5 cm³/mol. The first-order valence-electron chi connectivity index (χ1n) is 7.77. The minimum absolute atomic E-state index is 0.281. The molecular weight excluding hydrogens is 320 g/mol. The lowest BCUT2D eigenvalue weighted by molar-refractivity contribution is -0.162. The Morgan fingerprint density at radius 2 is 2.30 bits per heavy atom. The van der Waals surface area contributed by atoms with Crippen LogP contribution in [0.5, 0.6) is 0 Å². The van der Waals surface area contributed by atoms with E-state index in [2.05, 4.69) is 11.5 Å². The van der Waals surface area contributed by atoms with Gasteiger partial charge in [0.1, 0.15) is 5.76 Å². The van der Waals surface area contributed by atoms with Gasteiger partial charge in [0, 0.05) is 24.5 Å². The zero-order valence-corrected chi connectivity index (χ0v) is 14.4. The van der Waals surface area contributed by atoms with E-state index in [1.165, 1.54) is 25.5 Å². The summed E-state index contributed by atoms with van der Waals surface area (Å²) in [5, 5.41) is 0.612. The maximum Gasteiger partial charge on any atom is 0.339 e. The average molecular weight is 343 g/mol. The van der Waals surface area contributed by atoms with Gasteiger partial charge in [-0.25, -0.2) is 0 Å². The number of likely N-dealkylation sites (N-methyl/N-ethyl adjacent to an activating group) is 1.